The summed E-state index contributed by atoms with van der Waals surface area (Å²) in [5.74, 6) is 1.91. The fourth-order valence-electron chi connectivity index (χ4n) is 2.13. The largest absolute Gasteiger partial charge is 0.496 e. The maximum atomic E-state index is 5.79. The minimum Gasteiger partial charge on any atom is -0.496 e. The van der Waals surface area contributed by atoms with Crippen LogP contribution in [0.1, 0.15) is 5.56 Å². The summed E-state index contributed by atoms with van der Waals surface area (Å²) in [5.41, 5.74) is 8.47. The van der Waals surface area contributed by atoms with Gasteiger partial charge in [0, 0.05) is 18.1 Å². The van der Waals surface area contributed by atoms with Crippen molar-refractivity contribution in [3.63, 3.8) is 0 Å². The zero-order valence-corrected chi connectivity index (χ0v) is 11.3. The van der Waals surface area contributed by atoms with E-state index in [1.54, 1.807) is 19.5 Å². The Morgan fingerprint density at radius 3 is 2.95 bits per heavy atom. The molecule has 0 saturated heterocycles. The van der Waals surface area contributed by atoms with Crippen LogP contribution >= 0.6 is 0 Å². The number of nitrogens with one attached hydrogen (secondary N) is 1. The van der Waals surface area contributed by atoms with E-state index in [1.807, 2.05) is 35.7 Å². The quantitative estimate of drug-likeness (QED) is 0.763. The predicted octanol–water partition coefficient (Wildman–Crippen LogP) is 2.37. The third-order valence-electron chi connectivity index (χ3n) is 3.05. The first-order valence-electron chi connectivity index (χ1n) is 6.18. The maximum Gasteiger partial charge on any atom is 0.180 e. The lowest BCUT2D eigenvalue weighted by atomic mass is 10.2. The van der Waals surface area contributed by atoms with Gasteiger partial charge in [-0.3, -0.25) is 0 Å². The number of anilines is 3. The smallest absolute Gasteiger partial charge is 0.180 e. The number of rotatable bonds is 3. The van der Waals surface area contributed by atoms with Crippen LogP contribution in [0, 0.1) is 6.92 Å². The van der Waals surface area contributed by atoms with E-state index in [-0.39, 0.29) is 0 Å². The second kappa shape index (κ2) is 4.73. The van der Waals surface area contributed by atoms with E-state index in [1.165, 1.54) is 0 Å². The lowest BCUT2D eigenvalue weighted by Crippen LogP contribution is -2.02. The van der Waals surface area contributed by atoms with E-state index < -0.39 is 0 Å². The molecule has 0 atom stereocenters. The van der Waals surface area contributed by atoms with Crippen LogP contribution < -0.4 is 15.8 Å². The predicted molar refractivity (Wildman–Crippen MR) is 78.4 cm³/mol. The number of nitrogen functional groups attached to an aromatic ring is 1. The molecule has 102 valence electrons. The summed E-state index contributed by atoms with van der Waals surface area (Å²) >= 11 is 0. The van der Waals surface area contributed by atoms with Gasteiger partial charge in [-0.25, -0.2) is 9.97 Å². The van der Waals surface area contributed by atoms with E-state index in [2.05, 4.69) is 15.3 Å². The number of aryl methyl sites for hydroxylation is 1. The van der Waals surface area contributed by atoms with Gasteiger partial charge in [0.1, 0.15) is 11.6 Å². The Bertz CT molecular complexity index is 765. The number of fused-ring (bicyclic) bond motifs is 1. The highest BCUT2D eigenvalue weighted by atomic mass is 16.5. The topological polar surface area (TPSA) is 77.5 Å². The number of methoxy groups -OCH3 is 1. The fraction of sp³-hybridized carbons (Fsp3) is 0.143. The summed E-state index contributed by atoms with van der Waals surface area (Å²) in [5, 5.41) is 3.24. The molecule has 2 heterocycles. The Morgan fingerprint density at radius 2 is 2.20 bits per heavy atom. The third-order valence-corrected chi connectivity index (χ3v) is 3.05. The lowest BCUT2D eigenvalue weighted by molar-refractivity contribution is 0.412. The van der Waals surface area contributed by atoms with E-state index in [9.17, 15) is 0 Å². The average molecular weight is 269 g/mol. The summed E-state index contributed by atoms with van der Waals surface area (Å²) < 4.78 is 7.08. The number of nitrogens with two attached hydrogens (primary N) is 1. The summed E-state index contributed by atoms with van der Waals surface area (Å²) in [6, 6.07) is 5.83. The molecule has 0 spiro atoms. The van der Waals surface area contributed by atoms with Crippen molar-refractivity contribution in [2.75, 3.05) is 18.2 Å². The maximum absolute atomic E-state index is 5.79. The number of nitrogens with zero attached hydrogens (tertiary/aromatic N) is 3. The van der Waals surface area contributed by atoms with Crippen LogP contribution in [0.4, 0.5) is 17.3 Å². The van der Waals surface area contributed by atoms with Gasteiger partial charge in [-0.05, 0) is 30.7 Å². The summed E-state index contributed by atoms with van der Waals surface area (Å²) in [7, 11) is 1.66. The molecule has 1 aromatic carbocycles. The van der Waals surface area contributed by atoms with Crippen molar-refractivity contribution in [3.05, 3.63) is 42.4 Å². The number of benzene rings is 1. The van der Waals surface area contributed by atoms with Crippen LogP contribution in [-0.4, -0.2) is 21.5 Å². The van der Waals surface area contributed by atoms with Gasteiger partial charge in [-0.15, -0.1) is 0 Å². The second-order valence-electron chi connectivity index (χ2n) is 4.48. The zero-order chi connectivity index (χ0) is 14.1. The average Bonchev–Trinajstić information content (AvgIpc) is 2.87. The lowest BCUT2D eigenvalue weighted by Gasteiger charge is -2.10. The summed E-state index contributed by atoms with van der Waals surface area (Å²) in [6.07, 6.45) is 5.27. The molecule has 3 N–H and O–H groups in total. The molecule has 0 aliphatic rings. The molecule has 6 heteroatoms. The number of imidazole rings is 1. The van der Waals surface area contributed by atoms with Crippen molar-refractivity contribution in [2.45, 2.75) is 6.92 Å². The monoisotopic (exact) mass is 269 g/mol. The normalized spacial score (nSPS) is 10.7. The molecule has 3 rings (SSSR count). The Hall–Kier alpha value is -2.76. The zero-order valence-electron chi connectivity index (χ0n) is 11.3. The molecule has 0 aliphatic carbocycles. The summed E-state index contributed by atoms with van der Waals surface area (Å²) in [6.45, 7) is 1.99. The van der Waals surface area contributed by atoms with Gasteiger partial charge >= 0.3 is 0 Å². The molecule has 6 nitrogen and oxygen atoms in total. The standard InChI is InChI=1S/C14H15N5O/c1-9-7-10(3-4-11(9)20-2)17-13-14-16-5-6-19(14)8-12(15)18-13/h3-8H,15H2,1-2H3,(H,17,18). The SMILES string of the molecule is COc1ccc(Nc2nc(N)cn3ccnc23)cc1C. The van der Waals surface area contributed by atoms with Gasteiger partial charge in [0.15, 0.2) is 11.5 Å². The third kappa shape index (κ3) is 2.11. The Labute approximate surface area is 116 Å². The molecular formula is C14H15N5O. The van der Waals surface area contributed by atoms with Crippen LogP contribution in [0.5, 0.6) is 5.75 Å². The van der Waals surface area contributed by atoms with Crippen LogP contribution in [0.15, 0.2) is 36.8 Å². The van der Waals surface area contributed by atoms with Gasteiger partial charge < -0.3 is 20.2 Å². The van der Waals surface area contributed by atoms with Crippen LogP contribution in [0.3, 0.4) is 0 Å². The number of ether oxygens (including phenoxy) is 1. The Morgan fingerprint density at radius 1 is 1.35 bits per heavy atom. The highest BCUT2D eigenvalue weighted by molar-refractivity contribution is 5.71. The number of hydrogen-bond donors (Lipinski definition) is 2. The molecule has 3 aromatic rings. The minimum absolute atomic E-state index is 0.434. The minimum atomic E-state index is 0.434. The first-order valence-corrected chi connectivity index (χ1v) is 6.18. The molecule has 0 amide bonds. The van der Waals surface area contributed by atoms with Crippen LogP contribution in [-0.2, 0) is 0 Å². The second-order valence-corrected chi connectivity index (χ2v) is 4.48. The first-order chi connectivity index (χ1) is 9.67. The van der Waals surface area contributed by atoms with E-state index in [0.717, 1.165) is 22.6 Å². The van der Waals surface area contributed by atoms with Crippen LogP contribution in [0.2, 0.25) is 0 Å². The van der Waals surface area contributed by atoms with Crippen molar-refractivity contribution in [2.24, 2.45) is 0 Å². The van der Waals surface area contributed by atoms with Gasteiger partial charge in [0.05, 0.1) is 13.3 Å². The van der Waals surface area contributed by atoms with Gasteiger partial charge in [-0.2, -0.15) is 0 Å². The molecule has 2 aromatic heterocycles. The van der Waals surface area contributed by atoms with Crippen molar-refractivity contribution < 1.29 is 4.74 Å². The van der Waals surface area contributed by atoms with Gasteiger partial charge in [0.25, 0.3) is 0 Å². The first kappa shape index (κ1) is 12.3. The Balaban J connectivity index is 2.00. The van der Waals surface area contributed by atoms with E-state index in [0.29, 0.717) is 11.6 Å². The van der Waals surface area contributed by atoms with Gasteiger partial charge in [-0.1, -0.05) is 0 Å². The van der Waals surface area contributed by atoms with Crippen molar-refractivity contribution >= 4 is 23.0 Å². The molecule has 0 unspecified atom stereocenters. The summed E-state index contributed by atoms with van der Waals surface area (Å²) in [4.78, 5) is 8.56. The van der Waals surface area contributed by atoms with Crippen molar-refractivity contribution in [1.29, 1.82) is 0 Å². The Kier molecular flexibility index (Phi) is 2.90. The molecule has 0 saturated carbocycles. The van der Waals surface area contributed by atoms with Crippen molar-refractivity contribution in [1.82, 2.24) is 14.4 Å². The molecule has 0 radical (unpaired) electrons. The molecular weight excluding hydrogens is 254 g/mol. The number of aromatic nitrogens is 3. The highest BCUT2D eigenvalue weighted by Gasteiger charge is 2.07. The van der Waals surface area contributed by atoms with Crippen LogP contribution in [0.25, 0.3) is 5.65 Å². The fourth-order valence-corrected chi connectivity index (χ4v) is 2.13. The van der Waals surface area contributed by atoms with E-state index in [4.69, 9.17) is 10.5 Å². The number of hydrogen-bond acceptors (Lipinski definition) is 5. The van der Waals surface area contributed by atoms with Crippen molar-refractivity contribution in [3.8, 4) is 5.75 Å². The molecule has 0 bridgehead atoms. The molecule has 20 heavy (non-hydrogen) atoms. The van der Waals surface area contributed by atoms with E-state index >= 15 is 0 Å². The molecule has 0 fully saturated rings. The highest BCUT2D eigenvalue weighted by Crippen LogP contribution is 2.25. The van der Waals surface area contributed by atoms with Gasteiger partial charge in [0.2, 0.25) is 0 Å². The molecule has 0 aliphatic heterocycles.